The van der Waals surface area contributed by atoms with Gasteiger partial charge >= 0.3 is 0 Å². The molecule has 0 saturated carbocycles. The molecule has 0 spiro atoms. The van der Waals surface area contributed by atoms with Crippen LogP contribution in [0.4, 0.5) is 5.82 Å². The predicted octanol–water partition coefficient (Wildman–Crippen LogP) is 3.02. The average Bonchev–Trinajstić information content (AvgIpc) is 3.03. The van der Waals surface area contributed by atoms with Crippen molar-refractivity contribution in [3.05, 3.63) is 28.5 Å². The van der Waals surface area contributed by atoms with Crippen LogP contribution in [0.2, 0.25) is 0 Å². The van der Waals surface area contributed by atoms with E-state index in [9.17, 15) is 0 Å². The van der Waals surface area contributed by atoms with E-state index in [1.807, 2.05) is 19.9 Å². The van der Waals surface area contributed by atoms with Gasteiger partial charge in [-0.3, -0.25) is 0 Å². The summed E-state index contributed by atoms with van der Waals surface area (Å²) in [4.78, 5) is 14.0. The summed E-state index contributed by atoms with van der Waals surface area (Å²) in [7, 11) is 0. The quantitative estimate of drug-likeness (QED) is 0.799. The zero-order chi connectivity index (χ0) is 15.0. The fourth-order valence-electron chi connectivity index (χ4n) is 2.06. The first kappa shape index (κ1) is 13.7. The molecule has 6 nitrogen and oxygen atoms in total. The maximum absolute atomic E-state index is 5.75. The highest BCUT2D eigenvalue weighted by atomic mass is 32.1. The van der Waals surface area contributed by atoms with Crippen molar-refractivity contribution in [2.75, 3.05) is 5.73 Å². The van der Waals surface area contributed by atoms with E-state index in [1.54, 1.807) is 17.4 Å². The lowest BCUT2D eigenvalue weighted by Gasteiger charge is -1.98. The molecule has 0 bridgehead atoms. The zero-order valence-corrected chi connectivity index (χ0v) is 12.9. The van der Waals surface area contributed by atoms with Crippen molar-refractivity contribution >= 4 is 17.2 Å². The minimum atomic E-state index is 0.443. The molecule has 0 atom stereocenters. The van der Waals surface area contributed by atoms with Crippen molar-refractivity contribution < 1.29 is 4.52 Å². The molecule has 108 valence electrons. The van der Waals surface area contributed by atoms with E-state index in [-0.39, 0.29) is 0 Å². The number of hydrogen-bond acceptors (Lipinski definition) is 7. The Bertz CT molecular complexity index is 772. The maximum atomic E-state index is 5.75. The number of anilines is 1. The van der Waals surface area contributed by atoms with E-state index in [1.165, 1.54) is 0 Å². The van der Waals surface area contributed by atoms with E-state index < -0.39 is 0 Å². The van der Waals surface area contributed by atoms with Gasteiger partial charge in [-0.05, 0) is 32.4 Å². The van der Waals surface area contributed by atoms with Crippen LogP contribution in [-0.4, -0.2) is 20.1 Å². The van der Waals surface area contributed by atoms with Crippen LogP contribution in [0.25, 0.3) is 22.2 Å². The van der Waals surface area contributed by atoms with E-state index >= 15 is 0 Å². The summed E-state index contributed by atoms with van der Waals surface area (Å²) in [5.74, 6) is 1.44. The number of nitrogen functional groups attached to an aromatic ring is 1. The Morgan fingerprint density at radius 3 is 2.67 bits per heavy atom. The van der Waals surface area contributed by atoms with Gasteiger partial charge in [-0.1, -0.05) is 12.1 Å². The number of rotatable bonds is 3. The van der Waals surface area contributed by atoms with Crippen LogP contribution in [0.5, 0.6) is 0 Å². The number of aromatic nitrogens is 4. The highest BCUT2D eigenvalue weighted by molar-refractivity contribution is 7.15. The van der Waals surface area contributed by atoms with Crippen molar-refractivity contribution in [1.82, 2.24) is 20.1 Å². The summed E-state index contributed by atoms with van der Waals surface area (Å²) in [5, 5.41) is 5.09. The molecule has 7 heteroatoms. The topological polar surface area (TPSA) is 90.7 Å². The second-order valence-corrected chi connectivity index (χ2v) is 5.80. The molecule has 0 aliphatic carbocycles. The number of nitrogens with zero attached hydrogens (tertiary/aromatic N) is 4. The van der Waals surface area contributed by atoms with Gasteiger partial charge in [0, 0.05) is 11.3 Å². The lowest BCUT2D eigenvalue weighted by atomic mass is 10.2. The second-order valence-electron chi connectivity index (χ2n) is 4.72. The van der Waals surface area contributed by atoms with Gasteiger partial charge in [0.15, 0.2) is 0 Å². The van der Waals surface area contributed by atoms with E-state index in [4.69, 9.17) is 10.3 Å². The average molecular weight is 301 g/mol. The molecule has 0 fully saturated rings. The minimum absolute atomic E-state index is 0.443. The third-order valence-corrected chi connectivity index (χ3v) is 4.28. The van der Waals surface area contributed by atoms with Crippen LogP contribution in [-0.2, 0) is 6.42 Å². The minimum Gasteiger partial charge on any atom is -0.384 e. The van der Waals surface area contributed by atoms with Gasteiger partial charge in [0.2, 0.25) is 5.82 Å². The first-order valence-electron chi connectivity index (χ1n) is 6.61. The van der Waals surface area contributed by atoms with Gasteiger partial charge < -0.3 is 10.3 Å². The summed E-state index contributed by atoms with van der Waals surface area (Å²) < 4.78 is 5.37. The van der Waals surface area contributed by atoms with Crippen molar-refractivity contribution in [2.45, 2.75) is 27.2 Å². The molecule has 0 radical (unpaired) electrons. The molecule has 21 heavy (non-hydrogen) atoms. The summed E-state index contributed by atoms with van der Waals surface area (Å²) in [6, 6.07) is 3.61. The molecule has 2 N–H and O–H groups in total. The van der Waals surface area contributed by atoms with Crippen LogP contribution in [0.1, 0.15) is 23.3 Å². The summed E-state index contributed by atoms with van der Waals surface area (Å²) >= 11 is 1.58. The van der Waals surface area contributed by atoms with Crippen molar-refractivity contribution in [3.8, 4) is 22.2 Å². The number of hydrogen-bond donors (Lipinski definition) is 1. The normalized spacial score (nSPS) is 11.0. The fraction of sp³-hybridized carbons (Fsp3) is 0.286. The highest BCUT2D eigenvalue weighted by Gasteiger charge is 2.17. The van der Waals surface area contributed by atoms with Gasteiger partial charge in [-0.25, -0.2) is 9.97 Å². The fourth-order valence-corrected chi connectivity index (χ4v) is 2.98. The van der Waals surface area contributed by atoms with Crippen LogP contribution in [0.3, 0.4) is 0 Å². The molecule has 3 aromatic heterocycles. The van der Waals surface area contributed by atoms with Crippen molar-refractivity contribution in [1.29, 1.82) is 0 Å². The number of nitrogens with two attached hydrogens (primary N) is 1. The Balaban J connectivity index is 2.01. The molecule has 0 amide bonds. The first-order chi connectivity index (χ1) is 10.1. The number of thiazole rings is 1. The van der Waals surface area contributed by atoms with Crippen LogP contribution in [0, 0.1) is 13.8 Å². The van der Waals surface area contributed by atoms with Gasteiger partial charge in [0.25, 0.3) is 5.89 Å². The maximum Gasteiger partial charge on any atom is 0.270 e. The highest BCUT2D eigenvalue weighted by Crippen LogP contribution is 2.30. The Kier molecular flexibility index (Phi) is 3.42. The Labute approximate surface area is 126 Å². The molecular formula is C14H15N5OS. The Morgan fingerprint density at radius 1 is 1.19 bits per heavy atom. The molecule has 0 aliphatic rings. The van der Waals surface area contributed by atoms with Crippen LogP contribution in [0.15, 0.2) is 16.7 Å². The van der Waals surface area contributed by atoms with Crippen LogP contribution < -0.4 is 5.73 Å². The monoisotopic (exact) mass is 301 g/mol. The standard InChI is InChI=1S/C14H15N5OS/c1-4-11-17-8(3)12(21-11)14-18-13(19-20-14)9-5-7(2)16-10(15)6-9/h5-6H,4H2,1-3H3,(H2,15,16). The summed E-state index contributed by atoms with van der Waals surface area (Å²) in [6.45, 7) is 5.90. The molecule has 0 aliphatic heterocycles. The van der Waals surface area contributed by atoms with Crippen molar-refractivity contribution in [2.24, 2.45) is 0 Å². The zero-order valence-electron chi connectivity index (χ0n) is 12.0. The molecular weight excluding hydrogens is 286 g/mol. The molecule has 3 aromatic rings. The van der Waals surface area contributed by atoms with Gasteiger partial charge in [-0.15, -0.1) is 11.3 Å². The molecule has 0 saturated heterocycles. The van der Waals surface area contributed by atoms with Crippen molar-refractivity contribution in [3.63, 3.8) is 0 Å². The SMILES string of the molecule is CCc1nc(C)c(-c2nc(-c3cc(C)nc(N)c3)no2)s1. The Morgan fingerprint density at radius 2 is 2.00 bits per heavy atom. The molecule has 0 aromatic carbocycles. The third kappa shape index (κ3) is 2.64. The van der Waals surface area contributed by atoms with E-state index in [0.717, 1.165) is 33.3 Å². The first-order valence-corrected chi connectivity index (χ1v) is 7.43. The van der Waals surface area contributed by atoms with E-state index in [0.29, 0.717) is 17.5 Å². The summed E-state index contributed by atoms with van der Waals surface area (Å²) in [6.07, 6.45) is 0.895. The lowest BCUT2D eigenvalue weighted by molar-refractivity contribution is 0.433. The number of aryl methyl sites for hydroxylation is 3. The predicted molar refractivity (Wildman–Crippen MR) is 81.9 cm³/mol. The van der Waals surface area contributed by atoms with Crippen LogP contribution >= 0.6 is 11.3 Å². The summed E-state index contributed by atoms with van der Waals surface area (Å²) in [5.41, 5.74) is 8.29. The second kappa shape index (κ2) is 5.25. The molecule has 3 rings (SSSR count). The molecule has 3 heterocycles. The van der Waals surface area contributed by atoms with Gasteiger partial charge in [0.05, 0.1) is 10.7 Å². The molecule has 0 unspecified atom stereocenters. The Hall–Kier alpha value is -2.28. The number of pyridine rings is 1. The van der Waals surface area contributed by atoms with Gasteiger partial charge in [-0.2, -0.15) is 4.98 Å². The lowest BCUT2D eigenvalue weighted by Crippen LogP contribution is -1.93. The third-order valence-electron chi connectivity index (χ3n) is 3.00. The van der Waals surface area contributed by atoms with Gasteiger partial charge in [0.1, 0.15) is 10.7 Å². The smallest absolute Gasteiger partial charge is 0.270 e. The van der Waals surface area contributed by atoms with E-state index in [2.05, 4.69) is 27.0 Å². The largest absolute Gasteiger partial charge is 0.384 e.